The summed E-state index contributed by atoms with van der Waals surface area (Å²) in [6, 6.07) is 4.91. The first-order chi connectivity index (χ1) is 11.3. The zero-order valence-electron chi connectivity index (χ0n) is 14.1. The van der Waals surface area contributed by atoms with Crippen molar-refractivity contribution in [1.82, 2.24) is 9.21 Å². The Morgan fingerprint density at radius 2 is 1.88 bits per heavy atom. The van der Waals surface area contributed by atoms with E-state index in [1.165, 1.54) is 33.5 Å². The van der Waals surface area contributed by atoms with Crippen molar-refractivity contribution in [2.45, 2.75) is 30.7 Å². The summed E-state index contributed by atoms with van der Waals surface area (Å²) in [4.78, 5) is 25.3. The van der Waals surface area contributed by atoms with Crippen molar-refractivity contribution in [3.05, 3.63) is 29.8 Å². The lowest BCUT2D eigenvalue weighted by Crippen LogP contribution is -2.45. The van der Waals surface area contributed by atoms with E-state index in [2.05, 4.69) is 0 Å². The predicted molar refractivity (Wildman–Crippen MR) is 88.0 cm³/mol. The Morgan fingerprint density at radius 3 is 2.42 bits per heavy atom. The van der Waals surface area contributed by atoms with Crippen molar-refractivity contribution in [2.24, 2.45) is 0 Å². The van der Waals surface area contributed by atoms with Gasteiger partial charge in [0.25, 0.3) is 0 Å². The summed E-state index contributed by atoms with van der Waals surface area (Å²) in [5.74, 6) is -0.720. The smallest absolute Gasteiger partial charge is 0.338 e. The number of likely N-dealkylation sites (N-methyl/N-ethyl adjacent to an activating group) is 1. The molecule has 0 aliphatic carbocycles. The zero-order chi connectivity index (χ0) is 17.9. The molecule has 1 amide bonds. The van der Waals surface area contributed by atoms with Crippen LogP contribution in [-0.2, 0) is 19.6 Å². The van der Waals surface area contributed by atoms with Gasteiger partial charge in [-0.25, -0.2) is 13.2 Å². The number of amides is 1. The first-order valence-electron chi connectivity index (χ1n) is 7.79. The number of ether oxygens (including phenoxy) is 1. The first kappa shape index (κ1) is 18.4. The molecule has 0 spiro atoms. The van der Waals surface area contributed by atoms with Crippen molar-refractivity contribution < 1.29 is 22.7 Å². The largest absolute Gasteiger partial charge is 0.462 e. The van der Waals surface area contributed by atoms with Gasteiger partial charge in [0.1, 0.15) is 6.04 Å². The monoisotopic (exact) mass is 354 g/mol. The molecule has 1 fully saturated rings. The summed E-state index contributed by atoms with van der Waals surface area (Å²) in [6.07, 6.45) is 1.15. The number of sulfonamides is 1. The summed E-state index contributed by atoms with van der Waals surface area (Å²) < 4.78 is 31.8. The van der Waals surface area contributed by atoms with Gasteiger partial charge in [0.05, 0.1) is 17.1 Å². The molecule has 1 aliphatic heterocycles. The predicted octanol–water partition coefficient (Wildman–Crippen LogP) is 1.10. The molecule has 2 rings (SSSR count). The molecule has 1 aromatic carbocycles. The van der Waals surface area contributed by atoms with Crippen molar-refractivity contribution in [2.75, 3.05) is 27.2 Å². The van der Waals surface area contributed by atoms with Crippen LogP contribution in [0.15, 0.2) is 29.2 Å². The van der Waals surface area contributed by atoms with Gasteiger partial charge in [0, 0.05) is 20.6 Å². The van der Waals surface area contributed by atoms with E-state index < -0.39 is 22.0 Å². The van der Waals surface area contributed by atoms with E-state index in [4.69, 9.17) is 4.74 Å². The lowest BCUT2D eigenvalue weighted by Gasteiger charge is -2.25. The van der Waals surface area contributed by atoms with Gasteiger partial charge >= 0.3 is 5.97 Å². The minimum absolute atomic E-state index is 0.0639. The maximum absolute atomic E-state index is 12.8. The fourth-order valence-electron chi connectivity index (χ4n) is 2.69. The van der Waals surface area contributed by atoms with E-state index in [-0.39, 0.29) is 23.0 Å². The van der Waals surface area contributed by atoms with Gasteiger partial charge in [-0.05, 0) is 44.0 Å². The van der Waals surface area contributed by atoms with E-state index in [0.717, 1.165) is 0 Å². The highest BCUT2D eigenvalue weighted by atomic mass is 32.2. The lowest BCUT2D eigenvalue weighted by molar-refractivity contribution is -0.132. The Labute approximate surface area is 142 Å². The van der Waals surface area contributed by atoms with Gasteiger partial charge in [-0.15, -0.1) is 0 Å². The van der Waals surface area contributed by atoms with E-state index in [1.807, 2.05) is 0 Å². The Kier molecular flexibility index (Phi) is 5.61. The highest BCUT2D eigenvalue weighted by Gasteiger charge is 2.40. The maximum Gasteiger partial charge on any atom is 0.338 e. The molecule has 1 atom stereocenters. The van der Waals surface area contributed by atoms with Crippen LogP contribution in [0.25, 0.3) is 0 Å². The lowest BCUT2D eigenvalue weighted by atomic mass is 10.2. The third kappa shape index (κ3) is 3.59. The third-order valence-electron chi connectivity index (χ3n) is 3.90. The molecule has 1 saturated heterocycles. The molecule has 7 nitrogen and oxygen atoms in total. The molecule has 132 valence electrons. The van der Waals surface area contributed by atoms with Crippen molar-refractivity contribution in [1.29, 1.82) is 0 Å². The average molecular weight is 354 g/mol. The number of carbonyl (C=O) groups excluding carboxylic acids is 2. The Balaban J connectivity index is 2.26. The van der Waals surface area contributed by atoms with Gasteiger partial charge < -0.3 is 9.64 Å². The SMILES string of the molecule is CCOC(=O)c1ccc(S(=O)(=O)N2CCCC2C(=O)N(C)C)cc1. The molecule has 1 aromatic rings. The van der Waals surface area contributed by atoms with Gasteiger partial charge in [0.2, 0.25) is 15.9 Å². The summed E-state index contributed by atoms with van der Waals surface area (Å²) in [7, 11) is -0.566. The summed E-state index contributed by atoms with van der Waals surface area (Å²) in [5, 5.41) is 0. The highest BCUT2D eigenvalue weighted by molar-refractivity contribution is 7.89. The van der Waals surface area contributed by atoms with Crippen molar-refractivity contribution in [3.8, 4) is 0 Å². The van der Waals surface area contributed by atoms with Crippen LogP contribution in [0.1, 0.15) is 30.1 Å². The fraction of sp³-hybridized carbons (Fsp3) is 0.500. The topological polar surface area (TPSA) is 84.0 Å². The van der Waals surface area contributed by atoms with Crippen LogP contribution in [-0.4, -0.2) is 62.8 Å². The molecule has 8 heteroatoms. The van der Waals surface area contributed by atoms with Crippen LogP contribution >= 0.6 is 0 Å². The summed E-state index contributed by atoms with van der Waals surface area (Å²) in [5.41, 5.74) is 0.290. The fourth-order valence-corrected chi connectivity index (χ4v) is 4.34. The van der Waals surface area contributed by atoms with Crippen LogP contribution in [0, 0.1) is 0 Å². The second-order valence-corrected chi connectivity index (χ2v) is 7.64. The molecular weight excluding hydrogens is 332 g/mol. The molecule has 24 heavy (non-hydrogen) atoms. The van der Waals surface area contributed by atoms with Gasteiger partial charge in [-0.2, -0.15) is 4.31 Å². The van der Waals surface area contributed by atoms with E-state index in [0.29, 0.717) is 19.4 Å². The van der Waals surface area contributed by atoms with Crippen LogP contribution in [0.3, 0.4) is 0 Å². The second-order valence-electron chi connectivity index (χ2n) is 5.75. The standard InChI is InChI=1S/C16H22N2O5S/c1-4-23-16(20)12-7-9-13(10-8-12)24(21,22)18-11-5-6-14(18)15(19)17(2)3/h7-10,14H,4-6,11H2,1-3H3. The highest BCUT2D eigenvalue weighted by Crippen LogP contribution is 2.27. The number of hydrogen-bond donors (Lipinski definition) is 0. The molecule has 0 radical (unpaired) electrons. The Hall–Kier alpha value is -1.93. The van der Waals surface area contributed by atoms with E-state index in [9.17, 15) is 18.0 Å². The van der Waals surface area contributed by atoms with Crippen LogP contribution < -0.4 is 0 Å². The number of carbonyl (C=O) groups is 2. The minimum atomic E-state index is -3.79. The number of rotatable bonds is 5. The number of benzene rings is 1. The molecule has 1 heterocycles. The quantitative estimate of drug-likeness (QED) is 0.740. The van der Waals surface area contributed by atoms with E-state index in [1.54, 1.807) is 21.0 Å². The van der Waals surface area contributed by atoms with Gasteiger partial charge in [-0.1, -0.05) is 0 Å². The van der Waals surface area contributed by atoms with Crippen LogP contribution in [0.2, 0.25) is 0 Å². The number of nitrogens with zero attached hydrogens (tertiary/aromatic N) is 2. The summed E-state index contributed by atoms with van der Waals surface area (Å²) >= 11 is 0. The number of esters is 1. The van der Waals surface area contributed by atoms with Crippen molar-refractivity contribution >= 4 is 21.9 Å². The summed E-state index contributed by atoms with van der Waals surface area (Å²) in [6.45, 7) is 2.26. The Bertz CT molecular complexity index is 712. The van der Waals surface area contributed by atoms with Crippen LogP contribution in [0.4, 0.5) is 0 Å². The molecule has 0 aromatic heterocycles. The first-order valence-corrected chi connectivity index (χ1v) is 9.23. The number of hydrogen-bond acceptors (Lipinski definition) is 5. The minimum Gasteiger partial charge on any atom is -0.462 e. The normalized spacial score (nSPS) is 18.4. The third-order valence-corrected chi connectivity index (χ3v) is 5.82. The molecule has 1 aliphatic rings. The average Bonchev–Trinajstić information content (AvgIpc) is 3.04. The van der Waals surface area contributed by atoms with Gasteiger partial charge in [-0.3, -0.25) is 4.79 Å². The molecule has 0 bridgehead atoms. The molecule has 0 saturated carbocycles. The van der Waals surface area contributed by atoms with E-state index >= 15 is 0 Å². The Morgan fingerprint density at radius 1 is 1.25 bits per heavy atom. The van der Waals surface area contributed by atoms with Crippen LogP contribution in [0.5, 0.6) is 0 Å². The maximum atomic E-state index is 12.8. The molecule has 0 N–H and O–H groups in total. The van der Waals surface area contributed by atoms with Crippen molar-refractivity contribution in [3.63, 3.8) is 0 Å². The van der Waals surface area contributed by atoms with Gasteiger partial charge in [0.15, 0.2) is 0 Å². The molecular formula is C16H22N2O5S. The second kappa shape index (κ2) is 7.31. The molecule has 1 unspecified atom stereocenters. The zero-order valence-corrected chi connectivity index (χ0v) is 14.9.